The summed E-state index contributed by atoms with van der Waals surface area (Å²) in [5.41, 5.74) is 1.03. The van der Waals surface area contributed by atoms with Crippen LogP contribution in [0.15, 0.2) is 41.3 Å². The molecular weight excluding hydrogens is 419 g/mol. The van der Waals surface area contributed by atoms with Gasteiger partial charge in [-0.3, -0.25) is 0 Å². The molecule has 1 unspecified atom stereocenters. The first-order chi connectivity index (χ1) is 13.9. The largest absolute Gasteiger partial charge is 0.390 e. The number of hydrogen-bond acceptors (Lipinski definition) is 5. The van der Waals surface area contributed by atoms with Gasteiger partial charge in [-0.1, -0.05) is 29.4 Å². The fourth-order valence-corrected chi connectivity index (χ4v) is 5.28. The molecule has 4 rings (SSSR count). The lowest BCUT2D eigenvalue weighted by Crippen LogP contribution is -2.39. The van der Waals surface area contributed by atoms with Crippen molar-refractivity contribution in [2.75, 3.05) is 13.1 Å². The topological polar surface area (TPSA) is 77.3 Å². The molecule has 0 amide bonds. The van der Waals surface area contributed by atoms with Crippen LogP contribution in [0.4, 0.5) is 4.39 Å². The Kier molecular flexibility index (Phi) is 5.46. The Morgan fingerprint density at radius 1 is 1.31 bits per heavy atom. The molecule has 1 aliphatic heterocycles. The maximum Gasteiger partial charge on any atom is 0.243 e. The monoisotopic (exact) mass is 438 g/mol. The molecule has 0 saturated carbocycles. The Bertz CT molecular complexity index is 1130. The number of fused-ring (bicyclic) bond motifs is 1. The standard InChI is InChI=1S/C19H20ClFN4O3S/c1-13-4-3-9-24(11-13)29(26,27)14-7-8-18-19(10-14)25(23-22-18)28-12-15-16(20)5-2-6-17(15)21/h2,5-8,10,13H,3-4,9,11-12H2,1H3. The third kappa shape index (κ3) is 3.94. The van der Waals surface area contributed by atoms with Crippen LogP contribution in [0.25, 0.3) is 11.0 Å². The van der Waals surface area contributed by atoms with E-state index in [-0.39, 0.29) is 22.1 Å². The molecule has 0 radical (unpaired) electrons. The molecule has 0 aliphatic carbocycles. The van der Waals surface area contributed by atoms with Crippen molar-refractivity contribution in [1.82, 2.24) is 19.5 Å². The first-order valence-corrected chi connectivity index (χ1v) is 11.1. The van der Waals surface area contributed by atoms with E-state index in [0.717, 1.165) is 17.7 Å². The van der Waals surface area contributed by atoms with Gasteiger partial charge < -0.3 is 4.84 Å². The third-order valence-corrected chi connectivity index (χ3v) is 7.25. The van der Waals surface area contributed by atoms with Crippen LogP contribution in [0.2, 0.25) is 5.02 Å². The molecule has 1 aromatic heterocycles. The SMILES string of the molecule is CC1CCCN(S(=O)(=O)c2ccc3nnn(OCc4c(F)cccc4Cl)c3c2)C1. The molecule has 154 valence electrons. The fraction of sp³-hybridized carbons (Fsp3) is 0.368. The van der Waals surface area contributed by atoms with Crippen LogP contribution in [0, 0.1) is 11.7 Å². The summed E-state index contributed by atoms with van der Waals surface area (Å²) in [6, 6.07) is 8.93. The van der Waals surface area contributed by atoms with E-state index >= 15 is 0 Å². The minimum atomic E-state index is -3.63. The molecule has 1 fully saturated rings. The van der Waals surface area contributed by atoms with Crippen molar-refractivity contribution in [2.45, 2.75) is 31.3 Å². The van der Waals surface area contributed by atoms with Gasteiger partial charge in [0.15, 0.2) is 0 Å². The molecule has 0 spiro atoms. The van der Waals surface area contributed by atoms with Gasteiger partial charge in [-0.05, 0) is 54.3 Å². The maximum absolute atomic E-state index is 14.0. The Balaban J connectivity index is 1.63. The summed E-state index contributed by atoms with van der Waals surface area (Å²) in [4.78, 5) is 6.79. The predicted octanol–water partition coefficient (Wildman–Crippen LogP) is 3.27. The second-order valence-corrected chi connectivity index (χ2v) is 9.54. The van der Waals surface area contributed by atoms with Crippen LogP contribution >= 0.6 is 11.6 Å². The molecule has 2 aromatic carbocycles. The average molecular weight is 439 g/mol. The summed E-state index contributed by atoms with van der Waals surface area (Å²) in [6.45, 7) is 2.88. The zero-order valence-electron chi connectivity index (χ0n) is 15.8. The number of benzene rings is 2. The smallest absolute Gasteiger partial charge is 0.243 e. The van der Waals surface area contributed by atoms with Gasteiger partial charge in [0.1, 0.15) is 23.5 Å². The first-order valence-electron chi connectivity index (χ1n) is 9.28. The fourth-order valence-electron chi connectivity index (χ4n) is 3.44. The van der Waals surface area contributed by atoms with Crippen LogP contribution in [0.3, 0.4) is 0 Å². The Morgan fingerprint density at radius 3 is 2.90 bits per heavy atom. The Labute approximate surface area is 173 Å². The number of halogens is 2. The van der Waals surface area contributed by atoms with E-state index in [1.165, 1.54) is 28.6 Å². The zero-order valence-corrected chi connectivity index (χ0v) is 17.3. The molecule has 3 aromatic rings. The van der Waals surface area contributed by atoms with Gasteiger partial charge in [0.25, 0.3) is 0 Å². The molecule has 0 bridgehead atoms. The van der Waals surface area contributed by atoms with Crippen LogP contribution in [0.1, 0.15) is 25.3 Å². The summed E-state index contributed by atoms with van der Waals surface area (Å²) in [5, 5.41) is 8.10. The van der Waals surface area contributed by atoms with Gasteiger partial charge in [-0.15, -0.1) is 5.10 Å². The van der Waals surface area contributed by atoms with Crippen molar-refractivity contribution in [3.05, 3.63) is 52.8 Å². The number of aromatic nitrogens is 3. The third-order valence-electron chi connectivity index (χ3n) is 5.04. The highest BCUT2D eigenvalue weighted by Crippen LogP contribution is 2.25. The first kappa shape index (κ1) is 20.1. The van der Waals surface area contributed by atoms with E-state index in [1.807, 2.05) is 6.92 Å². The number of sulfonamides is 1. The molecule has 0 N–H and O–H groups in total. The van der Waals surface area contributed by atoms with Gasteiger partial charge in [-0.25, -0.2) is 12.8 Å². The van der Waals surface area contributed by atoms with Crippen molar-refractivity contribution in [2.24, 2.45) is 5.92 Å². The lowest BCUT2D eigenvalue weighted by Gasteiger charge is -2.30. The zero-order chi connectivity index (χ0) is 20.6. The van der Waals surface area contributed by atoms with E-state index in [0.29, 0.717) is 30.0 Å². The quantitative estimate of drug-likeness (QED) is 0.611. The van der Waals surface area contributed by atoms with Crippen LogP contribution in [-0.2, 0) is 16.6 Å². The Hall–Kier alpha value is -2.23. The minimum absolute atomic E-state index is 0.148. The number of rotatable bonds is 5. The summed E-state index contributed by atoms with van der Waals surface area (Å²) in [5.74, 6) is -0.173. The van der Waals surface area contributed by atoms with E-state index in [2.05, 4.69) is 10.3 Å². The van der Waals surface area contributed by atoms with E-state index in [1.54, 1.807) is 12.1 Å². The highest BCUT2D eigenvalue weighted by atomic mass is 35.5. The molecule has 1 aliphatic rings. The van der Waals surface area contributed by atoms with E-state index < -0.39 is 15.8 Å². The van der Waals surface area contributed by atoms with E-state index in [9.17, 15) is 12.8 Å². The number of piperidine rings is 1. The van der Waals surface area contributed by atoms with Crippen molar-refractivity contribution in [3.8, 4) is 0 Å². The van der Waals surface area contributed by atoms with E-state index in [4.69, 9.17) is 16.4 Å². The van der Waals surface area contributed by atoms with Gasteiger partial charge in [-0.2, -0.15) is 4.31 Å². The lowest BCUT2D eigenvalue weighted by molar-refractivity contribution is 0.0734. The second-order valence-electron chi connectivity index (χ2n) is 7.20. The molecule has 1 atom stereocenters. The van der Waals surface area contributed by atoms with Crippen LogP contribution in [0.5, 0.6) is 0 Å². The highest BCUT2D eigenvalue weighted by molar-refractivity contribution is 7.89. The summed E-state index contributed by atoms with van der Waals surface area (Å²) < 4.78 is 41.6. The van der Waals surface area contributed by atoms with Crippen molar-refractivity contribution in [1.29, 1.82) is 0 Å². The van der Waals surface area contributed by atoms with Gasteiger partial charge in [0, 0.05) is 18.7 Å². The maximum atomic E-state index is 14.0. The van der Waals surface area contributed by atoms with Crippen molar-refractivity contribution in [3.63, 3.8) is 0 Å². The predicted molar refractivity (Wildman–Crippen MR) is 106 cm³/mol. The molecule has 7 nitrogen and oxygen atoms in total. The molecular formula is C19H20ClFN4O3S. The van der Waals surface area contributed by atoms with Gasteiger partial charge >= 0.3 is 0 Å². The minimum Gasteiger partial charge on any atom is -0.390 e. The molecule has 10 heteroatoms. The number of nitrogens with zero attached hydrogens (tertiary/aromatic N) is 4. The lowest BCUT2D eigenvalue weighted by atomic mass is 10.0. The number of hydrogen-bond donors (Lipinski definition) is 0. The summed E-state index contributed by atoms with van der Waals surface area (Å²) in [7, 11) is -3.63. The average Bonchev–Trinajstić information content (AvgIpc) is 3.10. The van der Waals surface area contributed by atoms with Crippen molar-refractivity contribution < 1.29 is 17.6 Å². The summed E-state index contributed by atoms with van der Waals surface area (Å²) >= 11 is 6.02. The Morgan fingerprint density at radius 2 is 2.14 bits per heavy atom. The second kappa shape index (κ2) is 7.89. The molecule has 2 heterocycles. The summed E-state index contributed by atoms with van der Waals surface area (Å²) in [6.07, 6.45) is 1.86. The van der Waals surface area contributed by atoms with Crippen molar-refractivity contribution >= 4 is 32.7 Å². The normalized spacial score (nSPS) is 18.2. The van der Waals surface area contributed by atoms with Crippen LogP contribution in [-0.4, -0.2) is 41.0 Å². The van der Waals surface area contributed by atoms with Gasteiger partial charge in [0.05, 0.1) is 9.92 Å². The van der Waals surface area contributed by atoms with Gasteiger partial charge in [0.2, 0.25) is 10.0 Å². The highest BCUT2D eigenvalue weighted by Gasteiger charge is 2.29. The van der Waals surface area contributed by atoms with Crippen LogP contribution < -0.4 is 4.84 Å². The molecule has 1 saturated heterocycles. The molecule has 29 heavy (non-hydrogen) atoms.